The molecule has 3 aliphatic rings. The maximum Gasteiger partial charge on any atom is 0.255 e. The van der Waals surface area contributed by atoms with Gasteiger partial charge >= 0.3 is 0 Å². The molecule has 1 aromatic carbocycles. The van der Waals surface area contributed by atoms with Gasteiger partial charge in [0.1, 0.15) is 16.6 Å². The molecule has 0 unspecified atom stereocenters. The summed E-state index contributed by atoms with van der Waals surface area (Å²) in [5.41, 5.74) is 0.690. The van der Waals surface area contributed by atoms with Crippen LogP contribution in [-0.2, 0) is 21.2 Å². The van der Waals surface area contributed by atoms with Gasteiger partial charge < -0.3 is 14.4 Å². The number of benzene rings is 1. The van der Waals surface area contributed by atoms with Crippen molar-refractivity contribution in [3.8, 4) is 5.75 Å². The molecule has 1 amide bonds. The number of carbonyl (C=O) groups is 1. The Morgan fingerprint density at radius 1 is 1.26 bits per heavy atom. The highest BCUT2D eigenvalue weighted by Gasteiger charge is 2.65. The van der Waals surface area contributed by atoms with Gasteiger partial charge in [0, 0.05) is 32.0 Å². The van der Waals surface area contributed by atoms with Gasteiger partial charge in [-0.15, -0.1) is 0 Å². The molecule has 3 aliphatic heterocycles. The molecule has 3 saturated heterocycles. The Kier molecular flexibility index (Phi) is 4.99. The Labute approximate surface area is 181 Å². The largest absolute Gasteiger partial charge is 0.497 e. The van der Waals surface area contributed by atoms with Crippen LogP contribution in [0.1, 0.15) is 22.3 Å². The van der Waals surface area contributed by atoms with Gasteiger partial charge in [-0.3, -0.25) is 9.78 Å². The highest BCUT2D eigenvalue weighted by Crippen LogP contribution is 2.46. The van der Waals surface area contributed by atoms with Gasteiger partial charge in [-0.25, -0.2) is 8.42 Å². The van der Waals surface area contributed by atoms with E-state index in [-0.39, 0.29) is 25.1 Å². The molecule has 9 heteroatoms. The van der Waals surface area contributed by atoms with Crippen molar-refractivity contribution < 1.29 is 22.7 Å². The molecule has 2 aromatic rings. The van der Waals surface area contributed by atoms with E-state index in [1.165, 1.54) is 4.31 Å². The van der Waals surface area contributed by atoms with Gasteiger partial charge in [0.2, 0.25) is 10.0 Å². The van der Waals surface area contributed by atoms with Crippen LogP contribution in [0.2, 0.25) is 0 Å². The van der Waals surface area contributed by atoms with Crippen LogP contribution in [0.15, 0.2) is 48.8 Å². The van der Waals surface area contributed by atoms with Gasteiger partial charge in [-0.05, 0) is 42.7 Å². The van der Waals surface area contributed by atoms with Crippen molar-refractivity contribution in [3.05, 3.63) is 59.9 Å². The van der Waals surface area contributed by atoms with Gasteiger partial charge in [0.15, 0.2) is 0 Å². The molecular formula is C22H25N3O5S. The molecule has 0 saturated carbocycles. The predicted molar refractivity (Wildman–Crippen MR) is 113 cm³/mol. The number of ether oxygens (including phenoxy) is 2. The zero-order valence-electron chi connectivity index (χ0n) is 17.3. The average Bonchev–Trinajstić information content (AvgIpc) is 3.17. The van der Waals surface area contributed by atoms with Crippen LogP contribution in [0.3, 0.4) is 0 Å². The van der Waals surface area contributed by atoms with E-state index in [4.69, 9.17) is 9.47 Å². The average molecular weight is 444 g/mol. The zero-order valence-corrected chi connectivity index (χ0v) is 18.1. The van der Waals surface area contributed by atoms with E-state index in [2.05, 4.69) is 4.98 Å². The summed E-state index contributed by atoms with van der Waals surface area (Å²) in [4.78, 5) is 18.7. The number of amides is 1. The first-order valence-electron chi connectivity index (χ1n) is 10.4. The number of hydrogen-bond donors (Lipinski definition) is 0. The van der Waals surface area contributed by atoms with Crippen LogP contribution in [0.25, 0.3) is 0 Å². The molecule has 164 valence electrons. The summed E-state index contributed by atoms with van der Waals surface area (Å²) in [5.74, 6) is 0.640. The molecule has 5 rings (SSSR count). The van der Waals surface area contributed by atoms with Crippen LogP contribution < -0.4 is 4.74 Å². The topological polar surface area (TPSA) is 89.0 Å². The van der Waals surface area contributed by atoms with Gasteiger partial charge in [0.05, 0.1) is 25.3 Å². The van der Waals surface area contributed by atoms with Gasteiger partial charge in [-0.2, -0.15) is 4.31 Å². The molecular weight excluding hydrogens is 418 g/mol. The Morgan fingerprint density at radius 2 is 2.06 bits per heavy atom. The molecule has 0 radical (unpaired) electrons. The summed E-state index contributed by atoms with van der Waals surface area (Å²) >= 11 is 0. The summed E-state index contributed by atoms with van der Waals surface area (Å²) in [5, 5.41) is -0.604. The van der Waals surface area contributed by atoms with Crippen molar-refractivity contribution in [1.82, 2.24) is 14.2 Å². The first-order valence-corrected chi connectivity index (χ1v) is 11.9. The van der Waals surface area contributed by atoms with E-state index in [1.807, 2.05) is 24.3 Å². The van der Waals surface area contributed by atoms with Crippen LogP contribution in [0.4, 0.5) is 0 Å². The predicted octanol–water partition coefficient (Wildman–Crippen LogP) is 1.33. The summed E-state index contributed by atoms with van der Waals surface area (Å²) < 4.78 is 39.5. The Bertz CT molecular complexity index is 1080. The number of aromatic nitrogens is 1. The van der Waals surface area contributed by atoms with E-state index >= 15 is 0 Å². The number of morpholine rings is 1. The lowest BCUT2D eigenvalue weighted by molar-refractivity contribution is -0.0976. The van der Waals surface area contributed by atoms with E-state index in [1.54, 1.807) is 36.5 Å². The quantitative estimate of drug-likeness (QED) is 0.693. The minimum atomic E-state index is -3.49. The monoisotopic (exact) mass is 443 g/mol. The Hall–Kier alpha value is -2.49. The minimum Gasteiger partial charge on any atom is -0.497 e. The van der Waals surface area contributed by atoms with E-state index in [9.17, 15) is 13.2 Å². The van der Waals surface area contributed by atoms with Crippen molar-refractivity contribution in [2.75, 3.05) is 33.3 Å². The zero-order chi connectivity index (χ0) is 21.6. The fourth-order valence-corrected chi connectivity index (χ4v) is 7.33. The molecule has 3 fully saturated rings. The van der Waals surface area contributed by atoms with E-state index in [0.717, 1.165) is 11.3 Å². The van der Waals surface area contributed by atoms with E-state index < -0.39 is 20.9 Å². The van der Waals surface area contributed by atoms with E-state index in [0.29, 0.717) is 31.5 Å². The maximum atomic E-state index is 13.3. The third-order valence-corrected chi connectivity index (χ3v) is 8.89. The number of likely N-dealkylation sites (tertiary alicyclic amines) is 1. The highest BCUT2D eigenvalue weighted by atomic mass is 32.2. The molecule has 1 spiro atoms. The van der Waals surface area contributed by atoms with Crippen molar-refractivity contribution in [2.45, 2.75) is 29.8 Å². The molecule has 1 aromatic heterocycles. The smallest absolute Gasteiger partial charge is 0.255 e. The number of carbonyl (C=O) groups excluding carboxylic acids is 1. The fraction of sp³-hybridized carbons (Fsp3) is 0.455. The molecule has 3 atom stereocenters. The summed E-state index contributed by atoms with van der Waals surface area (Å²) in [6.07, 6.45) is 3.95. The SMILES string of the molecule is COc1ccc(CCN2C[C@@]34CN(C(=O)c5cccnc5)C[C@@H](C[C@@H]3S2(=O)=O)O4)cc1. The van der Waals surface area contributed by atoms with Crippen LogP contribution in [0, 0.1) is 0 Å². The second kappa shape index (κ2) is 7.58. The maximum absolute atomic E-state index is 13.3. The number of rotatable bonds is 5. The van der Waals surface area contributed by atoms with Crippen LogP contribution in [-0.4, -0.2) is 78.8 Å². The fourth-order valence-electron chi connectivity index (χ4n) is 5.02. The number of pyridine rings is 1. The Balaban J connectivity index is 1.32. The molecule has 0 N–H and O–H groups in total. The first-order chi connectivity index (χ1) is 14.9. The summed E-state index contributed by atoms with van der Waals surface area (Å²) in [6.45, 7) is 1.36. The lowest BCUT2D eigenvalue weighted by Gasteiger charge is -2.39. The second-order valence-electron chi connectivity index (χ2n) is 8.43. The van der Waals surface area contributed by atoms with Crippen molar-refractivity contribution >= 4 is 15.9 Å². The third-order valence-electron chi connectivity index (χ3n) is 6.52. The number of hydrogen-bond acceptors (Lipinski definition) is 6. The van der Waals surface area contributed by atoms with Crippen LogP contribution in [0.5, 0.6) is 5.75 Å². The standard InChI is InChI=1S/C22H25N3O5S/c1-29-18-6-4-16(5-7-18)8-10-25-15-22-14-24(21(26)17-3-2-9-23-12-17)13-19(30-22)11-20(22)31(25,27)28/h2-7,9,12,19-20H,8,10-11,13-15H2,1H3/t19-,20+,22+/m1/s1. The minimum absolute atomic E-state index is 0.129. The molecule has 31 heavy (non-hydrogen) atoms. The molecule has 2 bridgehead atoms. The number of methoxy groups -OCH3 is 1. The van der Waals surface area contributed by atoms with Crippen LogP contribution >= 0.6 is 0 Å². The number of fused-ring (bicyclic) bond motifs is 1. The molecule has 4 heterocycles. The first kappa shape index (κ1) is 20.4. The van der Waals surface area contributed by atoms with Gasteiger partial charge in [0.25, 0.3) is 5.91 Å². The lowest BCUT2D eigenvalue weighted by Crippen LogP contribution is -2.56. The molecule has 8 nitrogen and oxygen atoms in total. The molecule has 0 aliphatic carbocycles. The van der Waals surface area contributed by atoms with Gasteiger partial charge in [-0.1, -0.05) is 12.1 Å². The van der Waals surface area contributed by atoms with Crippen molar-refractivity contribution in [2.24, 2.45) is 0 Å². The summed E-state index contributed by atoms with van der Waals surface area (Å²) in [7, 11) is -1.88. The number of nitrogens with zero attached hydrogens (tertiary/aromatic N) is 3. The number of sulfonamides is 1. The highest BCUT2D eigenvalue weighted by molar-refractivity contribution is 7.90. The van der Waals surface area contributed by atoms with Crippen molar-refractivity contribution in [1.29, 1.82) is 0 Å². The second-order valence-corrected chi connectivity index (χ2v) is 10.5. The van der Waals surface area contributed by atoms with Crippen molar-refractivity contribution in [3.63, 3.8) is 0 Å². The Morgan fingerprint density at radius 3 is 2.77 bits per heavy atom. The third kappa shape index (κ3) is 3.50. The summed E-state index contributed by atoms with van der Waals surface area (Å²) in [6, 6.07) is 11.1. The lowest BCUT2D eigenvalue weighted by atomic mass is 9.99. The normalized spacial score (nSPS) is 29.0.